The second kappa shape index (κ2) is 6.77. The van der Waals surface area contributed by atoms with Crippen LogP contribution < -0.4 is 21.1 Å². The van der Waals surface area contributed by atoms with Crippen LogP contribution in [0.5, 0.6) is 5.75 Å². The molecular formula is C18H24N4O3S. The van der Waals surface area contributed by atoms with Crippen molar-refractivity contribution in [2.75, 3.05) is 26.5 Å². The molecule has 1 aromatic rings. The summed E-state index contributed by atoms with van der Waals surface area (Å²) in [6, 6.07) is 4.72. The molecule has 1 atom stereocenters. The molecule has 2 aliphatic heterocycles. The molecule has 0 fully saturated rings. The first-order valence-electron chi connectivity index (χ1n) is 8.46. The molecule has 0 saturated heterocycles. The van der Waals surface area contributed by atoms with Crippen molar-refractivity contribution in [3.63, 3.8) is 0 Å². The van der Waals surface area contributed by atoms with Crippen LogP contribution in [0.3, 0.4) is 0 Å². The molecule has 4 N–H and O–H groups in total. The second-order valence-corrected chi connectivity index (χ2v) is 8.44. The van der Waals surface area contributed by atoms with E-state index in [9.17, 15) is 8.42 Å². The third-order valence-corrected chi connectivity index (χ3v) is 5.51. The predicted molar refractivity (Wildman–Crippen MR) is 102 cm³/mol. The highest BCUT2D eigenvalue weighted by molar-refractivity contribution is 7.90. The predicted octanol–water partition coefficient (Wildman–Crippen LogP) is 1.04. The Balaban J connectivity index is 2.09. The Hall–Kier alpha value is -2.32. The van der Waals surface area contributed by atoms with Crippen LogP contribution in [0.4, 0.5) is 0 Å². The number of methoxy groups -OCH3 is 1. The van der Waals surface area contributed by atoms with Gasteiger partial charge < -0.3 is 21.1 Å². The molecule has 3 rings (SSSR count). The van der Waals surface area contributed by atoms with Crippen molar-refractivity contribution < 1.29 is 13.2 Å². The smallest absolute Gasteiger partial charge is 0.175 e. The normalized spacial score (nSPS) is 21.9. The molecule has 0 aromatic heterocycles. The molecule has 1 aromatic carbocycles. The second-order valence-electron chi connectivity index (χ2n) is 6.42. The van der Waals surface area contributed by atoms with Gasteiger partial charge in [-0.1, -0.05) is 13.0 Å². The van der Waals surface area contributed by atoms with Crippen LogP contribution in [-0.4, -0.2) is 40.7 Å². The van der Waals surface area contributed by atoms with Gasteiger partial charge in [-0.3, -0.25) is 4.99 Å². The summed E-state index contributed by atoms with van der Waals surface area (Å²) in [7, 11) is -1.85. The van der Waals surface area contributed by atoms with Gasteiger partial charge in [-0.25, -0.2) is 8.42 Å². The zero-order valence-electron chi connectivity index (χ0n) is 15.2. The Morgan fingerprint density at radius 1 is 1.42 bits per heavy atom. The molecule has 2 aliphatic rings. The van der Waals surface area contributed by atoms with Gasteiger partial charge in [-0.15, -0.1) is 0 Å². The van der Waals surface area contributed by atoms with E-state index in [-0.39, 0.29) is 4.90 Å². The van der Waals surface area contributed by atoms with Crippen LogP contribution in [0.2, 0.25) is 0 Å². The number of rotatable bonds is 6. The molecule has 1 unspecified atom stereocenters. The highest BCUT2D eigenvalue weighted by atomic mass is 32.2. The lowest BCUT2D eigenvalue weighted by Crippen LogP contribution is -2.55. The van der Waals surface area contributed by atoms with Crippen LogP contribution in [0.15, 0.2) is 51.5 Å². The van der Waals surface area contributed by atoms with E-state index in [2.05, 4.69) is 22.5 Å². The fourth-order valence-electron chi connectivity index (χ4n) is 3.09. The summed E-state index contributed by atoms with van der Waals surface area (Å²) in [5.74, 6) is 1.13. The molecule has 7 nitrogen and oxygen atoms in total. The number of nitrogens with zero attached hydrogens (tertiary/aromatic N) is 1. The molecule has 0 saturated carbocycles. The van der Waals surface area contributed by atoms with Crippen molar-refractivity contribution in [2.24, 2.45) is 10.7 Å². The van der Waals surface area contributed by atoms with Crippen LogP contribution in [0.1, 0.15) is 18.9 Å². The average Bonchev–Trinajstić information content (AvgIpc) is 3.06. The fraction of sp³-hybridized carbons (Fsp3) is 0.389. The lowest BCUT2D eigenvalue weighted by atomic mass is 9.92. The van der Waals surface area contributed by atoms with Crippen LogP contribution in [0, 0.1) is 0 Å². The van der Waals surface area contributed by atoms with Crippen molar-refractivity contribution in [3.05, 3.63) is 47.2 Å². The maximum Gasteiger partial charge on any atom is 0.175 e. The Morgan fingerprint density at radius 2 is 2.19 bits per heavy atom. The maximum atomic E-state index is 11.8. The van der Waals surface area contributed by atoms with Gasteiger partial charge in [-0.2, -0.15) is 0 Å². The standard InChI is InChI=1S/C18H24N4O3S/c1-4-8-20-15-11-18(19,22-17-13(15)7-9-21-17)14-6-5-12(26(3,23)24)10-16(14)25-2/h5-7,10-11,20H,4,8-9,19H2,1-3H3,(H,21,22). The third kappa shape index (κ3) is 3.34. The molecule has 0 amide bonds. The number of amidine groups is 1. The lowest BCUT2D eigenvalue weighted by molar-refractivity contribution is 0.388. The summed E-state index contributed by atoms with van der Waals surface area (Å²) in [6.07, 6.45) is 6.08. The van der Waals surface area contributed by atoms with Crippen LogP contribution >= 0.6 is 0 Å². The molecule has 0 spiro atoms. The van der Waals surface area contributed by atoms with E-state index in [1.54, 1.807) is 6.07 Å². The fourth-order valence-corrected chi connectivity index (χ4v) is 3.72. The first kappa shape index (κ1) is 18.5. The highest BCUT2D eigenvalue weighted by Crippen LogP contribution is 2.34. The highest BCUT2D eigenvalue weighted by Gasteiger charge is 2.37. The van der Waals surface area contributed by atoms with Crippen LogP contribution in [0.25, 0.3) is 0 Å². The minimum absolute atomic E-state index is 0.185. The number of benzene rings is 1. The summed E-state index contributed by atoms with van der Waals surface area (Å²) in [5, 5.41) is 6.66. The summed E-state index contributed by atoms with van der Waals surface area (Å²) in [6.45, 7) is 3.51. The van der Waals surface area contributed by atoms with Crippen molar-refractivity contribution >= 4 is 15.7 Å². The van der Waals surface area contributed by atoms with Gasteiger partial charge in [0, 0.05) is 29.6 Å². The zero-order chi connectivity index (χ0) is 18.9. The van der Waals surface area contributed by atoms with Crippen LogP contribution in [-0.2, 0) is 15.5 Å². The number of sulfone groups is 1. The molecule has 2 heterocycles. The number of nitrogens with one attached hydrogen (secondary N) is 2. The summed E-state index contributed by atoms with van der Waals surface area (Å²) in [5.41, 5.74) is 8.15. The quantitative estimate of drug-likeness (QED) is 0.685. The summed E-state index contributed by atoms with van der Waals surface area (Å²) >= 11 is 0. The van der Waals surface area contributed by atoms with E-state index in [4.69, 9.17) is 10.5 Å². The topological polar surface area (TPSA) is 106 Å². The Morgan fingerprint density at radius 3 is 2.85 bits per heavy atom. The molecule has 8 heteroatoms. The molecule has 0 radical (unpaired) electrons. The summed E-state index contributed by atoms with van der Waals surface area (Å²) in [4.78, 5) is 4.65. The van der Waals surface area contributed by atoms with Gasteiger partial charge in [0.05, 0.1) is 18.6 Å². The number of aliphatic imine (C=N–C) groups is 1. The maximum absolute atomic E-state index is 11.8. The number of hydrogen-bond donors (Lipinski definition) is 3. The van der Waals surface area contributed by atoms with Gasteiger partial charge in [0.2, 0.25) is 0 Å². The molecule has 26 heavy (non-hydrogen) atoms. The van der Waals surface area contributed by atoms with E-state index in [1.165, 1.54) is 19.2 Å². The minimum Gasteiger partial charge on any atom is -0.496 e. The zero-order valence-corrected chi connectivity index (χ0v) is 16.0. The number of fused-ring (bicyclic) bond motifs is 1. The average molecular weight is 376 g/mol. The van der Waals surface area contributed by atoms with Gasteiger partial charge in [0.15, 0.2) is 9.84 Å². The van der Waals surface area contributed by atoms with E-state index in [1.807, 2.05) is 12.2 Å². The van der Waals surface area contributed by atoms with Crippen molar-refractivity contribution in [3.8, 4) is 5.75 Å². The Bertz CT molecular complexity index is 918. The van der Waals surface area contributed by atoms with Gasteiger partial charge in [0.25, 0.3) is 0 Å². The third-order valence-electron chi connectivity index (χ3n) is 4.40. The van der Waals surface area contributed by atoms with Crippen molar-refractivity contribution in [1.29, 1.82) is 0 Å². The molecule has 0 bridgehead atoms. The SMILES string of the molecule is CCCNC1=CC(N)(c2ccc(S(C)(=O)=O)cc2OC)NC2=NCC=C12. The first-order valence-corrected chi connectivity index (χ1v) is 10.4. The Labute approximate surface area is 153 Å². The van der Waals surface area contributed by atoms with Gasteiger partial charge in [0.1, 0.15) is 17.2 Å². The Kier molecular flexibility index (Phi) is 4.81. The monoisotopic (exact) mass is 376 g/mol. The van der Waals surface area contributed by atoms with E-state index in [0.29, 0.717) is 17.9 Å². The molecule has 140 valence electrons. The largest absolute Gasteiger partial charge is 0.496 e. The minimum atomic E-state index is -3.34. The van der Waals surface area contributed by atoms with Crippen molar-refractivity contribution in [2.45, 2.75) is 23.9 Å². The lowest BCUT2D eigenvalue weighted by Gasteiger charge is -2.36. The van der Waals surface area contributed by atoms with Crippen molar-refractivity contribution in [1.82, 2.24) is 10.6 Å². The number of ether oxygens (including phenoxy) is 1. The van der Waals surface area contributed by atoms with E-state index in [0.717, 1.165) is 36.3 Å². The summed E-state index contributed by atoms with van der Waals surface area (Å²) < 4.78 is 29.1. The van der Waals surface area contributed by atoms with Gasteiger partial charge in [-0.05, 0) is 30.7 Å². The van der Waals surface area contributed by atoms with E-state index < -0.39 is 15.5 Å². The number of hydrogen-bond acceptors (Lipinski definition) is 7. The number of nitrogens with two attached hydrogens (primary N) is 1. The molecular weight excluding hydrogens is 352 g/mol. The molecule has 0 aliphatic carbocycles. The first-order chi connectivity index (χ1) is 12.3. The van der Waals surface area contributed by atoms with Gasteiger partial charge >= 0.3 is 0 Å². The van der Waals surface area contributed by atoms with E-state index >= 15 is 0 Å².